The van der Waals surface area contributed by atoms with Crippen LogP contribution in [0.15, 0.2) is 55.1 Å². The van der Waals surface area contributed by atoms with Gasteiger partial charge >= 0.3 is 0 Å². The predicted molar refractivity (Wildman–Crippen MR) is 102 cm³/mol. The Labute approximate surface area is 157 Å². The summed E-state index contributed by atoms with van der Waals surface area (Å²) < 4.78 is 31.7. The Morgan fingerprint density at radius 1 is 1.00 bits per heavy atom. The van der Waals surface area contributed by atoms with Crippen molar-refractivity contribution in [2.24, 2.45) is 7.05 Å². The zero-order valence-corrected chi connectivity index (χ0v) is 14.8. The fourth-order valence-corrected chi connectivity index (χ4v) is 3.42. The van der Waals surface area contributed by atoms with Gasteiger partial charge in [-0.1, -0.05) is 0 Å². The Bertz CT molecular complexity index is 1350. The Balaban J connectivity index is 1.89. The molecule has 138 valence electrons. The Hall–Kier alpha value is -3.81. The van der Waals surface area contributed by atoms with Crippen LogP contribution >= 0.6 is 0 Å². The number of nitrogen functional groups attached to an aromatic ring is 1. The van der Waals surface area contributed by atoms with E-state index in [2.05, 4.69) is 15.0 Å². The monoisotopic (exact) mass is 376 g/mol. The van der Waals surface area contributed by atoms with E-state index in [0.29, 0.717) is 39.2 Å². The highest BCUT2D eigenvalue weighted by molar-refractivity contribution is 5.88. The molecule has 0 fully saturated rings. The molecule has 0 bridgehead atoms. The van der Waals surface area contributed by atoms with Crippen LogP contribution in [0.2, 0.25) is 0 Å². The van der Waals surface area contributed by atoms with Crippen LogP contribution in [-0.4, -0.2) is 23.9 Å². The molecule has 28 heavy (non-hydrogen) atoms. The van der Waals surface area contributed by atoms with Crippen molar-refractivity contribution < 1.29 is 8.78 Å². The van der Waals surface area contributed by atoms with Crippen LogP contribution in [0.4, 0.5) is 14.6 Å². The van der Waals surface area contributed by atoms with Gasteiger partial charge in [-0.05, 0) is 36.4 Å². The van der Waals surface area contributed by atoms with E-state index in [1.807, 2.05) is 6.07 Å². The summed E-state index contributed by atoms with van der Waals surface area (Å²) in [5.41, 5.74) is 9.84. The first kappa shape index (κ1) is 16.4. The average Bonchev–Trinajstić information content (AvgIpc) is 3.30. The SMILES string of the molecule is Cn1cnc2c(F)cc(-c3c(-c4ccc(F)cc4)nc(N)c4nccn34)cc21. The van der Waals surface area contributed by atoms with E-state index >= 15 is 0 Å². The van der Waals surface area contributed by atoms with Crippen LogP contribution in [0.1, 0.15) is 0 Å². The first-order valence-electron chi connectivity index (χ1n) is 8.52. The van der Waals surface area contributed by atoms with Crippen molar-refractivity contribution in [3.8, 4) is 22.5 Å². The van der Waals surface area contributed by atoms with Gasteiger partial charge in [0.25, 0.3) is 0 Å². The molecule has 5 aromatic rings. The Morgan fingerprint density at radius 3 is 2.57 bits per heavy atom. The molecule has 0 unspecified atom stereocenters. The van der Waals surface area contributed by atoms with Crippen LogP contribution < -0.4 is 5.73 Å². The Morgan fingerprint density at radius 2 is 1.79 bits per heavy atom. The molecule has 2 aromatic carbocycles. The lowest BCUT2D eigenvalue weighted by Crippen LogP contribution is -2.04. The molecule has 3 aromatic heterocycles. The number of fused-ring (bicyclic) bond motifs is 2. The van der Waals surface area contributed by atoms with Gasteiger partial charge in [0.15, 0.2) is 17.3 Å². The van der Waals surface area contributed by atoms with Crippen LogP contribution in [0.25, 0.3) is 39.2 Å². The number of benzene rings is 2. The maximum atomic E-state index is 14.7. The number of hydrogen-bond acceptors (Lipinski definition) is 4. The van der Waals surface area contributed by atoms with E-state index in [0.717, 1.165) is 0 Å². The fraction of sp³-hybridized carbons (Fsp3) is 0.0500. The molecule has 0 radical (unpaired) electrons. The van der Waals surface area contributed by atoms with Crippen molar-refractivity contribution in [2.75, 3.05) is 5.73 Å². The highest BCUT2D eigenvalue weighted by atomic mass is 19.1. The van der Waals surface area contributed by atoms with Gasteiger partial charge < -0.3 is 10.3 Å². The highest BCUT2D eigenvalue weighted by Crippen LogP contribution is 2.35. The molecule has 3 heterocycles. The smallest absolute Gasteiger partial charge is 0.180 e. The van der Waals surface area contributed by atoms with Crippen molar-refractivity contribution in [3.05, 3.63) is 66.8 Å². The van der Waals surface area contributed by atoms with Gasteiger partial charge in [0, 0.05) is 30.6 Å². The second-order valence-corrected chi connectivity index (χ2v) is 6.50. The molecular weight excluding hydrogens is 362 g/mol. The zero-order valence-electron chi connectivity index (χ0n) is 14.8. The number of nitrogens with two attached hydrogens (primary N) is 1. The number of rotatable bonds is 2. The lowest BCUT2D eigenvalue weighted by Gasteiger charge is -2.14. The molecule has 0 amide bonds. The molecule has 5 rings (SSSR count). The van der Waals surface area contributed by atoms with Crippen molar-refractivity contribution in [2.45, 2.75) is 0 Å². The number of aryl methyl sites for hydroxylation is 1. The molecule has 0 atom stereocenters. The summed E-state index contributed by atoms with van der Waals surface area (Å²) in [5.74, 6) is -0.567. The summed E-state index contributed by atoms with van der Waals surface area (Å²) in [6, 6.07) is 9.17. The minimum atomic E-state index is -0.441. The van der Waals surface area contributed by atoms with Crippen LogP contribution in [0.3, 0.4) is 0 Å². The van der Waals surface area contributed by atoms with Crippen molar-refractivity contribution in [1.29, 1.82) is 0 Å². The third kappa shape index (κ3) is 2.34. The van der Waals surface area contributed by atoms with Gasteiger partial charge in [0.2, 0.25) is 0 Å². The molecular formula is C20H14F2N6. The summed E-state index contributed by atoms with van der Waals surface area (Å²) in [6.07, 6.45) is 4.90. The summed E-state index contributed by atoms with van der Waals surface area (Å²) in [4.78, 5) is 12.8. The van der Waals surface area contributed by atoms with E-state index in [-0.39, 0.29) is 11.6 Å². The van der Waals surface area contributed by atoms with E-state index < -0.39 is 5.82 Å². The lowest BCUT2D eigenvalue weighted by atomic mass is 10.0. The molecule has 0 aliphatic rings. The summed E-state index contributed by atoms with van der Waals surface area (Å²) in [6.45, 7) is 0. The van der Waals surface area contributed by atoms with Gasteiger partial charge in [-0.15, -0.1) is 0 Å². The lowest BCUT2D eigenvalue weighted by molar-refractivity contribution is 0.628. The summed E-state index contributed by atoms with van der Waals surface area (Å²) in [5, 5.41) is 0. The van der Waals surface area contributed by atoms with E-state index in [1.54, 1.807) is 46.9 Å². The minimum Gasteiger partial charge on any atom is -0.381 e. The van der Waals surface area contributed by atoms with Gasteiger partial charge in [0.1, 0.15) is 11.3 Å². The van der Waals surface area contributed by atoms with E-state index in [9.17, 15) is 8.78 Å². The molecule has 0 spiro atoms. The predicted octanol–water partition coefficient (Wildman–Crippen LogP) is 3.81. The van der Waals surface area contributed by atoms with E-state index in [4.69, 9.17) is 5.73 Å². The molecule has 0 aliphatic heterocycles. The molecule has 2 N–H and O–H groups in total. The van der Waals surface area contributed by atoms with Gasteiger partial charge in [-0.2, -0.15) is 0 Å². The van der Waals surface area contributed by atoms with Crippen LogP contribution in [-0.2, 0) is 7.05 Å². The molecule has 8 heteroatoms. The molecule has 0 aliphatic carbocycles. The minimum absolute atomic E-state index is 0.232. The molecule has 0 saturated carbocycles. The van der Waals surface area contributed by atoms with Gasteiger partial charge in [0.05, 0.1) is 23.2 Å². The first-order valence-corrected chi connectivity index (χ1v) is 8.52. The van der Waals surface area contributed by atoms with E-state index in [1.165, 1.54) is 18.2 Å². The Kier molecular flexibility index (Phi) is 3.42. The average molecular weight is 376 g/mol. The normalized spacial score (nSPS) is 11.5. The largest absolute Gasteiger partial charge is 0.381 e. The molecule has 6 nitrogen and oxygen atoms in total. The number of nitrogens with zero attached hydrogens (tertiary/aromatic N) is 5. The van der Waals surface area contributed by atoms with Crippen molar-refractivity contribution >= 4 is 22.5 Å². The summed E-state index contributed by atoms with van der Waals surface area (Å²) >= 11 is 0. The maximum absolute atomic E-state index is 14.7. The van der Waals surface area contributed by atoms with Gasteiger partial charge in [-0.25, -0.2) is 23.7 Å². The number of aromatic nitrogens is 5. The fourth-order valence-electron chi connectivity index (χ4n) is 3.42. The maximum Gasteiger partial charge on any atom is 0.180 e. The summed E-state index contributed by atoms with van der Waals surface area (Å²) in [7, 11) is 1.80. The number of halogens is 2. The highest BCUT2D eigenvalue weighted by Gasteiger charge is 2.19. The quantitative estimate of drug-likeness (QED) is 0.508. The van der Waals surface area contributed by atoms with Crippen molar-refractivity contribution in [1.82, 2.24) is 23.9 Å². The van der Waals surface area contributed by atoms with Crippen molar-refractivity contribution in [3.63, 3.8) is 0 Å². The molecule has 0 saturated heterocycles. The van der Waals surface area contributed by atoms with Gasteiger partial charge in [-0.3, -0.25) is 4.40 Å². The second-order valence-electron chi connectivity index (χ2n) is 6.50. The topological polar surface area (TPSA) is 74.0 Å². The van der Waals surface area contributed by atoms with Crippen LogP contribution in [0, 0.1) is 11.6 Å². The number of imidazole rings is 2. The zero-order chi connectivity index (χ0) is 19.4. The number of anilines is 1. The first-order chi connectivity index (χ1) is 13.5. The number of hydrogen-bond donors (Lipinski definition) is 1. The third-order valence-corrected chi connectivity index (χ3v) is 4.74. The second kappa shape index (κ2) is 5.85. The standard InChI is InChI=1S/C20H14F2N6/c1-27-10-25-17-14(22)8-12(9-15(17)27)18-16(11-2-4-13(21)5-3-11)26-19(23)20-24-6-7-28(18)20/h2-10H,1H3,(H2,23,26). The van der Waals surface area contributed by atoms with Crippen LogP contribution in [0.5, 0.6) is 0 Å². The third-order valence-electron chi connectivity index (χ3n) is 4.74.